The van der Waals surface area contributed by atoms with Crippen LogP contribution < -0.4 is 11.1 Å². The van der Waals surface area contributed by atoms with E-state index in [4.69, 9.17) is 10.8 Å². The molecule has 0 fully saturated rings. The summed E-state index contributed by atoms with van der Waals surface area (Å²) >= 11 is 5.13. The van der Waals surface area contributed by atoms with Crippen LogP contribution in [0.15, 0.2) is 28.1 Å². The van der Waals surface area contributed by atoms with Gasteiger partial charge in [0.2, 0.25) is 0 Å². The normalized spacial score (nSPS) is 10.5. The van der Waals surface area contributed by atoms with Gasteiger partial charge < -0.3 is 16.2 Å². The van der Waals surface area contributed by atoms with Crippen molar-refractivity contribution < 1.29 is 9.90 Å². The van der Waals surface area contributed by atoms with Gasteiger partial charge in [-0.05, 0) is 59.1 Å². The number of aromatic carboxylic acids is 1. The van der Waals surface area contributed by atoms with Gasteiger partial charge in [-0.1, -0.05) is 0 Å². The number of thiophene rings is 1. The minimum Gasteiger partial charge on any atom is -0.478 e. The number of nitrogens with two attached hydrogens (primary N) is 1. The Morgan fingerprint density at radius 1 is 1.45 bits per heavy atom. The highest BCUT2D eigenvalue weighted by Crippen LogP contribution is 2.24. The molecule has 2 aromatic rings. The Kier molecular flexibility index (Phi) is 4.67. The maximum Gasteiger partial charge on any atom is 0.337 e. The second-order valence-corrected chi connectivity index (χ2v) is 6.99. The molecular weight excluding hydrogens is 340 g/mol. The highest BCUT2D eigenvalue weighted by Gasteiger charge is 2.11. The first-order valence-corrected chi connectivity index (χ1v) is 7.70. The number of anilines is 2. The third kappa shape index (κ3) is 3.52. The summed E-state index contributed by atoms with van der Waals surface area (Å²) in [5, 5.41) is 12.3. The number of carboxylic acid groups (broad SMARTS) is 1. The molecule has 20 heavy (non-hydrogen) atoms. The van der Waals surface area contributed by atoms with E-state index < -0.39 is 5.97 Å². The van der Waals surface area contributed by atoms with E-state index in [-0.39, 0.29) is 5.56 Å². The molecule has 0 aliphatic rings. The van der Waals surface area contributed by atoms with Crippen LogP contribution in [0.1, 0.15) is 20.8 Å². The molecule has 0 aliphatic heterocycles. The number of hydrogen-bond acceptors (Lipinski definition) is 4. The van der Waals surface area contributed by atoms with Gasteiger partial charge in [-0.25, -0.2) is 4.79 Å². The van der Waals surface area contributed by atoms with E-state index in [0.717, 1.165) is 28.0 Å². The van der Waals surface area contributed by atoms with Crippen LogP contribution in [0.4, 0.5) is 11.4 Å². The molecule has 4 nitrogen and oxygen atoms in total. The monoisotopic (exact) mass is 354 g/mol. The minimum atomic E-state index is -1.00. The summed E-state index contributed by atoms with van der Waals surface area (Å²) in [6, 6.07) is 7.55. The molecule has 2 rings (SSSR count). The maximum absolute atomic E-state index is 11.1. The van der Waals surface area contributed by atoms with Crippen molar-refractivity contribution in [1.82, 2.24) is 0 Å². The number of aryl methyl sites for hydroxylation is 1. The van der Waals surface area contributed by atoms with E-state index in [2.05, 4.69) is 27.3 Å². The fourth-order valence-electron chi connectivity index (χ4n) is 1.89. The van der Waals surface area contributed by atoms with E-state index in [9.17, 15) is 4.79 Å². The van der Waals surface area contributed by atoms with Gasteiger partial charge in [0, 0.05) is 22.8 Å². The standard InChI is InChI=1S/C14H15BrN2O2S/c1-8-6-9(7-11(13(8)16)14(18)19)17-5-4-10-2-3-12(15)20-10/h2-3,6-7,17H,4-5,16H2,1H3,(H,18,19). The van der Waals surface area contributed by atoms with E-state index in [0.29, 0.717) is 5.69 Å². The fourth-order valence-corrected chi connectivity index (χ4v) is 3.38. The van der Waals surface area contributed by atoms with Crippen LogP contribution in [-0.4, -0.2) is 17.6 Å². The van der Waals surface area contributed by atoms with Gasteiger partial charge in [0.05, 0.1) is 9.35 Å². The lowest BCUT2D eigenvalue weighted by atomic mass is 10.1. The zero-order valence-electron chi connectivity index (χ0n) is 10.9. The van der Waals surface area contributed by atoms with Gasteiger partial charge in [-0.2, -0.15) is 0 Å². The lowest BCUT2D eigenvalue weighted by Crippen LogP contribution is -2.08. The third-order valence-corrected chi connectivity index (χ3v) is 4.63. The molecule has 1 heterocycles. The maximum atomic E-state index is 11.1. The molecule has 0 atom stereocenters. The van der Waals surface area contributed by atoms with Crippen molar-refractivity contribution in [1.29, 1.82) is 0 Å². The van der Waals surface area contributed by atoms with E-state index >= 15 is 0 Å². The van der Waals surface area contributed by atoms with Crippen LogP contribution in [0.3, 0.4) is 0 Å². The molecule has 0 spiro atoms. The number of carboxylic acids is 1. The number of benzene rings is 1. The molecule has 106 valence electrons. The Balaban J connectivity index is 2.04. The lowest BCUT2D eigenvalue weighted by Gasteiger charge is -2.11. The van der Waals surface area contributed by atoms with Gasteiger partial charge in [0.15, 0.2) is 0 Å². The van der Waals surface area contributed by atoms with E-state index in [1.54, 1.807) is 17.4 Å². The average molecular weight is 355 g/mol. The lowest BCUT2D eigenvalue weighted by molar-refractivity contribution is 0.0698. The van der Waals surface area contributed by atoms with Crippen molar-refractivity contribution >= 4 is 44.6 Å². The second kappa shape index (κ2) is 6.28. The zero-order chi connectivity index (χ0) is 14.7. The van der Waals surface area contributed by atoms with Crippen LogP contribution in [0.5, 0.6) is 0 Å². The predicted octanol–water partition coefficient (Wildman–Crippen LogP) is 3.75. The largest absolute Gasteiger partial charge is 0.478 e. The number of carbonyl (C=O) groups is 1. The smallest absolute Gasteiger partial charge is 0.337 e. The minimum absolute atomic E-state index is 0.145. The molecule has 4 N–H and O–H groups in total. The Morgan fingerprint density at radius 3 is 2.80 bits per heavy atom. The molecule has 1 aromatic carbocycles. The van der Waals surface area contributed by atoms with Crippen molar-refractivity contribution in [2.75, 3.05) is 17.6 Å². The molecule has 0 radical (unpaired) electrons. The van der Waals surface area contributed by atoms with Crippen LogP contribution in [-0.2, 0) is 6.42 Å². The van der Waals surface area contributed by atoms with Crippen LogP contribution in [0.2, 0.25) is 0 Å². The number of rotatable bonds is 5. The van der Waals surface area contributed by atoms with Crippen molar-refractivity contribution in [3.05, 3.63) is 44.1 Å². The van der Waals surface area contributed by atoms with Gasteiger partial charge in [-0.15, -0.1) is 11.3 Å². The van der Waals surface area contributed by atoms with Crippen molar-refractivity contribution in [2.45, 2.75) is 13.3 Å². The first kappa shape index (κ1) is 14.9. The summed E-state index contributed by atoms with van der Waals surface area (Å²) in [5.74, 6) is -1.00. The zero-order valence-corrected chi connectivity index (χ0v) is 13.3. The summed E-state index contributed by atoms with van der Waals surface area (Å²) in [6.07, 6.45) is 0.891. The Bertz CT molecular complexity index is 640. The van der Waals surface area contributed by atoms with Gasteiger partial charge in [-0.3, -0.25) is 0 Å². The molecule has 0 aliphatic carbocycles. The summed E-state index contributed by atoms with van der Waals surface area (Å²) in [6.45, 7) is 2.55. The number of nitrogens with one attached hydrogen (secondary N) is 1. The molecular formula is C14H15BrN2O2S. The topological polar surface area (TPSA) is 75.3 Å². The number of halogens is 1. The highest BCUT2D eigenvalue weighted by molar-refractivity contribution is 9.11. The Labute approximate surface area is 129 Å². The first-order chi connectivity index (χ1) is 9.47. The van der Waals surface area contributed by atoms with Gasteiger partial charge in [0.1, 0.15) is 0 Å². The highest BCUT2D eigenvalue weighted by atomic mass is 79.9. The van der Waals surface area contributed by atoms with Crippen molar-refractivity contribution in [3.63, 3.8) is 0 Å². The first-order valence-electron chi connectivity index (χ1n) is 6.09. The molecule has 0 amide bonds. The van der Waals surface area contributed by atoms with Gasteiger partial charge >= 0.3 is 5.97 Å². The summed E-state index contributed by atoms with van der Waals surface area (Å²) < 4.78 is 1.11. The van der Waals surface area contributed by atoms with E-state index in [1.165, 1.54) is 4.88 Å². The Morgan fingerprint density at radius 2 is 2.20 bits per heavy atom. The molecule has 1 aromatic heterocycles. The van der Waals surface area contributed by atoms with Crippen LogP contribution >= 0.6 is 27.3 Å². The quantitative estimate of drug-likeness (QED) is 0.714. The number of hydrogen-bond donors (Lipinski definition) is 3. The van der Waals surface area contributed by atoms with Crippen LogP contribution in [0, 0.1) is 6.92 Å². The van der Waals surface area contributed by atoms with Crippen molar-refractivity contribution in [2.24, 2.45) is 0 Å². The summed E-state index contributed by atoms with van der Waals surface area (Å²) in [4.78, 5) is 12.4. The molecule has 0 saturated carbocycles. The fraction of sp³-hybridized carbons (Fsp3) is 0.214. The molecule has 6 heteroatoms. The average Bonchev–Trinajstić information content (AvgIpc) is 2.79. The summed E-state index contributed by atoms with van der Waals surface area (Å²) in [5.41, 5.74) is 7.78. The van der Waals surface area contributed by atoms with Crippen molar-refractivity contribution in [3.8, 4) is 0 Å². The Hall–Kier alpha value is -1.53. The molecule has 0 bridgehead atoms. The molecule has 0 saturated heterocycles. The SMILES string of the molecule is Cc1cc(NCCc2ccc(Br)s2)cc(C(=O)O)c1N. The summed E-state index contributed by atoms with van der Waals surface area (Å²) in [7, 11) is 0. The van der Waals surface area contributed by atoms with Gasteiger partial charge in [0.25, 0.3) is 0 Å². The van der Waals surface area contributed by atoms with E-state index in [1.807, 2.05) is 19.1 Å². The predicted molar refractivity (Wildman–Crippen MR) is 86.8 cm³/mol. The second-order valence-electron chi connectivity index (χ2n) is 4.44. The molecule has 0 unspecified atom stereocenters. The van der Waals surface area contributed by atoms with Crippen LogP contribution in [0.25, 0.3) is 0 Å². The number of nitrogen functional groups attached to an aromatic ring is 1. The third-order valence-electron chi connectivity index (χ3n) is 2.95.